The van der Waals surface area contributed by atoms with Crippen LogP contribution in [0, 0.1) is 10.1 Å². The Balaban J connectivity index is 1.36. The zero-order chi connectivity index (χ0) is 25.8. The Morgan fingerprint density at radius 3 is 2.25 bits per heavy atom. The Morgan fingerprint density at radius 1 is 0.944 bits per heavy atom. The molecule has 1 heterocycles. The molecule has 1 fully saturated rings. The SMILES string of the molecule is COc1ccc(Cl)cc1C(=O)N1CCN(c2ccc(NC(=O)c3ccc([N+](=O)[O-])cc3Cl)cc2)CC1. The van der Waals surface area contributed by atoms with Crippen molar-refractivity contribution in [1.82, 2.24) is 4.90 Å². The first-order valence-corrected chi connectivity index (χ1v) is 11.8. The lowest BCUT2D eigenvalue weighted by atomic mass is 10.1. The number of benzene rings is 3. The van der Waals surface area contributed by atoms with E-state index in [1.54, 1.807) is 35.2 Å². The van der Waals surface area contributed by atoms with Crippen LogP contribution >= 0.6 is 23.2 Å². The van der Waals surface area contributed by atoms with E-state index in [4.69, 9.17) is 27.9 Å². The van der Waals surface area contributed by atoms with E-state index in [9.17, 15) is 19.7 Å². The molecular weight excluding hydrogens is 507 g/mol. The average Bonchev–Trinajstić information content (AvgIpc) is 2.88. The molecule has 1 aliphatic heterocycles. The summed E-state index contributed by atoms with van der Waals surface area (Å²) in [7, 11) is 1.52. The number of nitrogens with one attached hydrogen (secondary N) is 1. The van der Waals surface area contributed by atoms with E-state index >= 15 is 0 Å². The summed E-state index contributed by atoms with van der Waals surface area (Å²) in [5, 5.41) is 14.1. The van der Waals surface area contributed by atoms with E-state index in [0.717, 1.165) is 11.8 Å². The van der Waals surface area contributed by atoms with E-state index in [-0.39, 0.29) is 22.2 Å². The largest absolute Gasteiger partial charge is 0.496 e. The van der Waals surface area contributed by atoms with Gasteiger partial charge in [0.2, 0.25) is 0 Å². The first-order valence-electron chi connectivity index (χ1n) is 11.0. The van der Waals surface area contributed by atoms with Crippen molar-refractivity contribution in [2.24, 2.45) is 0 Å². The summed E-state index contributed by atoms with van der Waals surface area (Å²) in [5.41, 5.74) is 1.90. The highest BCUT2D eigenvalue weighted by atomic mass is 35.5. The molecule has 4 rings (SSSR count). The average molecular weight is 529 g/mol. The maximum absolute atomic E-state index is 13.0. The molecule has 3 aromatic rings. The summed E-state index contributed by atoms with van der Waals surface area (Å²) >= 11 is 12.1. The molecule has 1 N–H and O–H groups in total. The van der Waals surface area contributed by atoms with Gasteiger partial charge in [-0.05, 0) is 48.5 Å². The van der Waals surface area contributed by atoms with Gasteiger partial charge in [-0.3, -0.25) is 19.7 Å². The maximum Gasteiger partial charge on any atom is 0.270 e. The van der Waals surface area contributed by atoms with Crippen LogP contribution in [0.3, 0.4) is 0 Å². The number of amides is 2. The lowest BCUT2D eigenvalue weighted by Gasteiger charge is -2.36. The number of rotatable bonds is 6. The summed E-state index contributed by atoms with van der Waals surface area (Å²) in [5.74, 6) is -0.109. The smallest absolute Gasteiger partial charge is 0.270 e. The molecule has 0 bridgehead atoms. The monoisotopic (exact) mass is 528 g/mol. The van der Waals surface area contributed by atoms with Crippen LogP contribution in [0.15, 0.2) is 60.7 Å². The Kier molecular flexibility index (Phi) is 7.61. The van der Waals surface area contributed by atoms with Crippen molar-refractivity contribution in [3.63, 3.8) is 0 Å². The Morgan fingerprint density at radius 2 is 1.64 bits per heavy atom. The van der Waals surface area contributed by atoms with Gasteiger partial charge in [-0.1, -0.05) is 23.2 Å². The third-order valence-electron chi connectivity index (χ3n) is 5.86. The number of hydrogen-bond acceptors (Lipinski definition) is 6. The third-order valence-corrected chi connectivity index (χ3v) is 6.41. The molecule has 9 nitrogen and oxygen atoms in total. The molecule has 11 heteroatoms. The van der Waals surface area contributed by atoms with Crippen LogP contribution in [0.25, 0.3) is 0 Å². The van der Waals surface area contributed by atoms with Crippen LogP contribution in [0.1, 0.15) is 20.7 Å². The summed E-state index contributed by atoms with van der Waals surface area (Å²) in [6.07, 6.45) is 0. The molecule has 1 aliphatic rings. The number of halogens is 2. The summed E-state index contributed by atoms with van der Waals surface area (Å²) in [6, 6.07) is 16.0. The number of hydrogen-bond donors (Lipinski definition) is 1. The van der Waals surface area contributed by atoms with E-state index in [1.165, 1.54) is 19.2 Å². The summed E-state index contributed by atoms with van der Waals surface area (Å²) in [4.78, 5) is 39.8. The van der Waals surface area contributed by atoms with E-state index in [0.29, 0.717) is 48.2 Å². The molecule has 3 aromatic carbocycles. The fourth-order valence-electron chi connectivity index (χ4n) is 3.94. The lowest BCUT2D eigenvalue weighted by molar-refractivity contribution is -0.384. The molecule has 0 aromatic heterocycles. The van der Waals surface area contributed by atoms with Crippen molar-refractivity contribution in [2.45, 2.75) is 0 Å². The molecular formula is C25H22Cl2N4O5. The van der Waals surface area contributed by atoms with E-state index in [1.807, 2.05) is 12.1 Å². The van der Waals surface area contributed by atoms with Gasteiger partial charge in [-0.2, -0.15) is 0 Å². The Bertz CT molecular complexity index is 1310. The van der Waals surface area contributed by atoms with Gasteiger partial charge in [0, 0.05) is 54.7 Å². The zero-order valence-electron chi connectivity index (χ0n) is 19.2. The van der Waals surface area contributed by atoms with Crippen LogP contribution in [-0.2, 0) is 0 Å². The summed E-state index contributed by atoms with van der Waals surface area (Å²) < 4.78 is 5.31. The number of carbonyl (C=O) groups is 2. The standard InChI is InChI=1S/C25H22Cl2N4O5/c1-36-23-9-2-16(26)14-21(23)25(33)30-12-10-29(11-13-30)18-5-3-17(4-6-18)28-24(32)20-8-7-19(31(34)35)15-22(20)27/h2-9,14-15H,10-13H2,1H3,(H,28,32). The van der Waals surface area contributed by atoms with Crippen LogP contribution in [0.2, 0.25) is 10.0 Å². The van der Waals surface area contributed by atoms with Crippen LogP contribution < -0.4 is 15.0 Å². The number of nitro benzene ring substituents is 1. The number of methoxy groups -OCH3 is 1. The molecule has 0 spiro atoms. The molecule has 1 saturated heterocycles. The Labute approximate surface area is 217 Å². The second-order valence-corrected chi connectivity index (χ2v) is 8.89. The second-order valence-electron chi connectivity index (χ2n) is 8.05. The predicted octanol–water partition coefficient (Wildman–Crippen LogP) is 5.12. The van der Waals surface area contributed by atoms with Crippen LogP contribution in [0.4, 0.5) is 17.1 Å². The molecule has 0 saturated carbocycles. The fourth-order valence-corrected chi connectivity index (χ4v) is 4.37. The van der Waals surface area contributed by atoms with Gasteiger partial charge in [-0.15, -0.1) is 0 Å². The number of anilines is 2. The fraction of sp³-hybridized carbons (Fsp3) is 0.200. The van der Waals surface area contributed by atoms with Gasteiger partial charge in [0.05, 0.1) is 28.2 Å². The van der Waals surface area contributed by atoms with Crippen molar-refractivity contribution in [3.8, 4) is 5.75 Å². The quantitative estimate of drug-likeness (QED) is 0.351. The molecule has 2 amide bonds. The topological polar surface area (TPSA) is 105 Å². The second kappa shape index (κ2) is 10.8. The molecule has 0 radical (unpaired) electrons. The highest BCUT2D eigenvalue weighted by molar-refractivity contribution is 6.34. The number of nitro groups is 1. The molecule has 0 atom stereocenters. The van der Waals surface area contributed by atoms with Gasteiger partial charge in [0.15, 0.2) is 0 Å². The van der Waals surface area contributed by atoms with Crippen molar-refractivity contribution in [3.05, 3.63) is 92.0 Å². The predicted molar refractivity (Wildman–Crippen MR) is 139 cm³/mol. The van der Waals surface area contributed by atoms with Gasteiger partial charge < -0.3 is 19.9 Å². The van der Waals surface area contributed by atoms with Crippen LogP contribution in [-0.4, -0.2) is 54.9 Å². The normalized spacial score (nSPS) is 13.3. The van der Waals surface area contributed by atoms with Crippen molar-refractivity contribution >= 4 is 52.1 Å². The van der Waals surface area contributed by atoms with E-state index in [2.05, 4.69) is 10.2 Å². The van der Waals surface area contributed by atoms with Crippen LogP contribution in [0.5, 0.6) is 5.75 Å². The number of carbonyl (C=O) groups excluding carboxylic acids is 2. The first-order chi connectivity index (χ1) is 17.3. The Hall–Kier alpha value is -3.82. The molecule has 36 heavy (non-hydrogen) atoms. The summed E-state index contributed by atoms with van der Waals surface area (Å²) in [6.45, 7) is 2.34. The number of non-ortho nitro benzene ring substituents is 1. The van der Waals surface area contributed by atoms with Gasteiger partial charge in [0.25, 0.3) is 17.5 Å². The van der Waals surface area contributed by atoms with Crippen molar-refractivity contribution in [2.75, 3.05) is 43.5 Å². The first kappa shape index (κ1) is 25.3. The third kappa shape index (κ3) is 5.53. The minimum atomic E-state index is -0.573. The molecule has 0 unspecified atom stereocenters. The number of ether oxygens (including phenoxy) is 1. The molecule has 186 valence electrons. The minimum Gasteiger partial charge on any atom is -0.496 e. The van der Waals surface area contributed by atoms with Crippen molar-refractivity contribution in [1.29, 1.82) is 0 Å². The molecule has 0 aliphatic carbocycles. The number of nitrogens with zero attached hydrogens (tertiary/aromatic N) is 3. The van der Waals surface area contributed by atoms with Crippen molar-refractivity contribution < 1.29 is 19.2 Å². The highest BCUT2D eigenvalue weighted by Gasteiger charge is 2.25. The van der Waals surface area contributed by atoms with E-state index < -0.39 is 10.8 Å². The zero-order valence-corrected chi connectivity index (χ0v) is 20.8. The van der Waals surface area contributed by atoms with Gasteiger partial charge in [0.1, 0.15) is 5.75 Å². The van der Waals surface area contributed by atoms with Gasteiger partial charge >= 0.3 is 0 Å². The lowest BCUT2D eigenvalue weighted by Crippen LogP contribution is -2.48. The highest BCUT2D eigenvalue weighted by Crippen LogP contribution is 2.27. The van der Waals surface area contributed by atoms with Gasteiger partial charge in [-0.25, -0.2) is 0 Å². The maximum atomic E-state index is 13.0. The minimum absolute atomic E-state index is 0.00105. The number of piperazine rings is 1.